The molecule has 2 aromatic heterocycles. The van der Waals surface area contributed by atoms with Crippen molar-refractivity contribution in [1.82, 2.24) is 30.4 Å². The largest absolute Gasteiger partial charge is 0.458 e. The normalized spacial score (nSPS) is 21.6. The Bertz CT molecular complexity index is 3190. The molecule has 1 saturated heterocycles. The van der Waals surface area contributed by atoms with Gasteiger partial charge in [-0.2, -0.15) is 0 Å². The van der Waals surface area contributed by atoms with Gasteiger partial charge in [-0.05, 0) is 92.5 Å². The van der Waals surface area contributed by atoms with Gasteiger partial charge in [0, 0.05) is 79.0 Å². The van der Waals surface area contributed by atoms with Gasteiger partial charge in [0.1, 0.15) is 24.8 Å². The number of rotatable bonds is 22. The first-order chi connectivity index (χ1) is 37.3. The van der Waals surface area contributed by atoms with E-state index in [0.29, 0.717) is 84.1 Å². The third-order valence-corrected chi connectivity index (χ3v) is 16.4. The number of carbonyl (C=O) groups is 9. The highest BCUT2D eigenvalue weighted by Crippen LogP contribution is 2.46. The fourth-order valence-corrected chi connectivity index (χ4v) is 11.9. The average molecular weight is 1070 g/mol. The standard InChI is InChI=1S/C58H65FN6O13/c1-4-58(76)42-23-46-53-40(28-64(46)56(74)41(42)29-78-57(58)75)52-44(15-14-39-32(3)43(59)24-45(63-53)51(39)52)62-49(70)30-77-19-18-37(66)25-61-54(72)36(21-33-8-6-5-7-9-33)22-38(67)26-60-48(69)17-16-47(68)35-12-10-34(11-13-35)27-65-50(71)20-31(2)55(65)73/h5-9,23-24,31,34-36,44,76H,4,10-22,25-30H2,1-3H3,(H,60,69)(H,61,72)(H,62,70)/t31?,34?,35?,36-,44+,58+/m1/s1. The Morgan fingerprint density at radius 3 is 2.37 bits per heavy atom. The predicted octanol–water partition coefficient (Wildman–Crippen LogP) is 4.21. The van der Waals surface area contributed by atoms with E-state index in [1.54, 1.807) is 39.0 Å². The molecule has 20 heteroatoms. The Hall–Kier alpha value is -7.32. The molecule has 0 bridgehead atoms. The number of hydrogen-bond acceptors (Lipinski definition) is 14. The molecule has 4 atom stereocenters. The van der Waals surface area contributed by atoms with Crippen LogP contribution in [0.15, 0.2) is 47.3 Å². The Labute approximate surface area is 449 Å². The van der Waals surface area contributed by atoms with Crippen LogP contribution in [-0.4, -0.2) is 105 Å². The monoisotopic (exact) mass is 1070 g/mol. The zero-order valence-electron chi connectivity index (χ0n) is 44.1. The number of pyridine rings is 2. The summed E-state index contributed by atoms with van der Waals surface area (Å²) in [4.78, 5) is 137. The van der Waals surface area contributed by atoms with Crippen molar-refractivity contribution in [3.05, 3.63) is 97.6 Å². The van der Waals surface area contributed by atoms with Crippen molar-refractivity contribution in [1.29, 1.82) is 0 Å². The maximum absolute atomic E-state index is 15.4. The minimum absolute atomic E-state index is 0.0112. The molecule has 3 aliphatic heterocycles. The molecular formula is C58H65FN6O13. The molecule has 4 aromatic rings. The van der Waals surface area contributed by atoms with Crippen molar-refractivity contribution in [3.8, 4) is 11.4 Å². The lowest BCUT2D eigenvalue weighted by Gasteiger charge is -2.31. The van der Waals surface area contributed by atoms with Crippen molar-refractivity contribution in [3.63, 3.8) is 0 Å². The number of imide groups is 1. The van der Waals surface area contributed by atoms with Crippen molar-refractivity contribution in [2.45, 2.75) is 129 Å². The van der Waals surface area contributed by atoms with E-state index in [9.17, 15) is 53.1 Å². The summed E-state index contributed by atoms with van der Waals surface area (Å²) in [7, 11) is 0. The second-order valence-electron chi connectivity index (χ2n) is 21.6. The maximum atomic E-state index is 15.4. The number of ether oxygens (including phenoxy) is 2. The van der Waals surface area contributed by atoms with Crippen LogP contribution in [0, 0.1) is 36.4 Å². The smallest absolute Gasteiger partial charge is 0.343 e. The molecule has 19 nitrogen and oxygen atoms in total. The minimum Gasteiger partial charge on any atom is -0.458 e. The van der Waals surface area contributed by atoms with Gasteiger partial charge < -0.3 is 35.1 Å². The molecule has 5 heterocycles. The van der Waals surface area contributed by atoms with Gasteiger partial charge >= 0.3 is 5.97 Å². The van der Waals surface area contributed by atoms with Crippen LogP contribution in [0.4, 0.5) is 4.39 Å². The third-order valence-electron chi connectivity index (χ3n) is 16.4. The lowest BCUT2D eigenvalue weighted by molar-refractivity contribution is -0.172. The molecule has 412 valence electrons. The number of amides is 5. The lowest BCUT2D eigenvalue weighted by atomic mass is 9.79. The summed E-state index contributed by atoms with van der Waals surface area (Å²) in [6.45, 7) is 3.90. The van der Waals surface area contributed by atoms with E-state index < -0.39 is 65.0 Å². The first-order valence-corrected chi connectivity index (χ1v) is 27.0. The van der Waals surface area contributed by atoms with Gasteiger partial charge in [0.15, 0.2) is 17.2 Å². The van der Waals surface area contributed by atoms with Crippen molar-refractivity contribution >= 4 is 63.8 Å². The van der Waals surface area contributed by atoms with Crippen LogP contribution in [0.5, 0.6) is 0 Å². The number of hydrogen-bond donors (Lipinski definition) is 4. The number of ketones is 3. The van der Waals surface area contributed by atoms with Crippen LogP contribution in [0.25, 0.3) is 22.3 Å². The van der Waals surface area contributed by atoms with Crippen molar-refractivity contribution < 1.29 is 62.1 Å². The van der Waals surface area contributed by atoms with Crippen LogP contribution in [-0.2, 0) is 84.2 Å². The van der Waals surface area contributed by atoms with E-state index in [1.807, 2.05) is 18.2 Å². The molecule has 9 rings (SSSR count). The number of nitrogens with one attached hydrogen (secondary N) is 3. The van der Waals surface area contributed by atoms with Gasteiger partial charge in [-0.25, -0.2) is 14.2 Å². The second-order valence-corrected chi connectivity index (χ2v) is 21.6. The number of fused-ring (bicyclic) bond motifs is 5. The Kier molecular flexibility index (Phi) is 16.6. The molecule has 1 saturated carbocycles. The molecular weight excluding hydrogens is 1010 g/mol. The summed E-state index contributed by atoms with van der Waals surface area (Å²) in [5.41, 5.74) is 2.11. The van der Waals surface area contributed by atoms with Gasteiger partial charge in [0.2, 0.25) is 29.5 Å². The summed E-state index contributed by atoms with van der Waals surface area (Å²) < 4.78 is 27.7. The highest BCUT2D eigenvalue weighted by atomic mass is 19.1. The van der Waals surface area contributed by atoms with Gasteiger partial charge in [0.05, 0.1) is 54.8 Å². The summed E-state index contributed by atoms with van der Waals surface area (Å²) >= 11 is 0. The summed E-state index contributed by atoms with van der Waals surface area (Å²) in [5, 5.41) is 20.3. The Morgan fingerprint density at radius 2 is 1.65 bits per heavy atom. The fraction of sp³-hybridized carbons (Fsp3) is 0.500. The number of likely N-dealkylation sites (tertiary alicyclic amines) is 1. The SMILES string of the molecule is CC[C@@]1(O)C(=O)OCc2c1cc1n(c2=O)Cc2c-1nc1cc(F)c(C)c3c1c2[C@@H](NC(=O)COCCC(=O)CNC(=O)[C@@H](CC(=O)CNC(=O)CCC(=O)C1CCC(CN2C(=O)CC(C)C2=O)CC1)Cc1ccccc1)CC3. The van der Waals surface area contributed by atoms with Gasteiger partial charge in [-0.3, -0.25) is 48.1 Å². The van der Waals surface area contributed by atoms with E-state index >= 15 is 4.39 Å². The number of cyclic esters (lactones) is 1. The van der Waals surface area contributed by atoms with Gasteiger partial charge in [0.25, 0.3) is 5.56 Å². The number of esters is 1. The van der Waals surface area contributed by atoms with Crippen LogP contribution >= 0.6 is 0 Å². The molecule has 1 unspecified atom stereocenters. The van der Waals surface area contributed by atoms with Gasteiger partial charge in [-0.1, -0.05) is 44.2 Å². The van der Waals surface area contributed by atoms with E-state index in [2.05, 4.69) is 16.0 Å². The lowest BCUT2D eigenvalue weighted by Crippen LogP contribution is -2.44. The van der Waals surface area contributed by atoms with Gasteiger partial charge in [-0.15, -0.1) is 0 Å². The number of aryl methyl sites for hydroxylation is 1. The Morgan fingerprint density at radius 1 is 0.910 bits per heavy atom. The van der Waals surface area contributed by atoms with Crippen LogP contribution in [0.2, 0.25) is 0 Å². The van der Waals surface area contributed by atoms with Crippen LogP contribution < -0.4 is 21.5 Å². The zero-order valence-corrected chi connectivity index (χ0v) is 44.1. The first kappa shape index (κ1) is 55.4. The quantitative estimate of drug-likeness (QED) is 0.0430. The van der Waals surface area contributed by atoms with Crippen LogP contribution in [0.1, 0.15) is 129 Å². The molecule has 0 radical (unpaired) electrons. The first-order valence-electron chi connectivity index (χ1n) is 27.0. The predicted molar refractivity (Wildman–Crippen MR) is 278 cm³/mol. The van der Waals surface area contributed by atoms with E-state index in [-0.39, 0.29) is 130 Å². The Balaban J connectivity index is 0.741. The number of aliphatic hydroxyl groups is 1. The summed E-state index contributed by atoms with van der Waals surface area (Å²) in [6.07, 6.45) is 3.37. The average Bonchev–Trinajstić information content (AvgIpc) is 4.10. The molecule has 2 fully saturated rings. The number of Topliss-reactive ketones (excluding diaryl/α,β-unsaturated/α-hetero) is 3. The molecule has 2 aromatic carbocycles. The third kappa shape index (κ3) is 11.5. The number of aromatic nitrogens is 2. The zero-order chi connectivity index (χ0) is 55.6. The minimum atomic E-state index is -2.04. The molecule has 2 aliphatic carbocycles. The highest BCUT2D eigenvalue weighted by molar-refractivity contribution is 6.03. The molecule has 0 spiro atoms. The molecule has 4 N–H and O–H groups in total. The van der Waals surface area contributed by atoms with Crippen LogP contribution in [0.3, 0.4) is 0 Å². The number of benzene rings is 2. The topological polar surface area (TPSA) is 267 Å². The van der Waals surface area contributed by atoms with E-state index in [4.69, 9.17) is 14.5 Å². The maximum Gasteiger partial charge on any atom is 0.343 e. The summed E-state index contributed by atoms with van der Waals surface area (Å²) in [5.74, 6) is -5.20. The fourth-order valence-electron chi connectivity index (χ4n) is 11.9. The molecule has 5 aliphatic rings. The number of nitrogens with zero attached hydrogens (tertiary/aromatic N) is 3. The van der Waals surface area contributed by atoms with E-state index in [0.717, 1.165) is 11.1 Å². The second kappa shape index (κ2) is 23.3. The number of halogens is 1. The molecule has 5 amide bonds. The van der Waals surface area contributed by atoms with Crippen molar-refractivity contribution in [2.75, 3.05) is 32.8 Å². The molecule has 78 heavy (non-hydrogen) atoms. The summed E-state index contributed by atoms with van der Waals surface area (Å²) in [6, 6.07) is 11.3. The van der Waals surface area contributed by atoms with E-state index in [1.165, 1.54) is 15.5 Å². The highest BCUT2D eigenvalue weighted by Gasteiger charge is 2.46. The number of carbonyl (C=O) groups excluding carboxylic acids is 9. The van der Waals surface area contributed by atoms with Crippen molar-refractivity contribution in [2.24, 2.45) is 23.7 Å².